The SMILES string of the molecule is Cc1cc(=O)oc2c(C)c(O)c(C[C@H](Br)CBr)cc12. The molecule has 0 aliphatic carbocycles. The molecular formula is C14H14Br2O3. The summed E-state index contributed by atoms with van der Waals surface area (Å²) in [5.74, 6) is 0.201. The molecule has 19 heavy (non-hydrogen) atoms. The van der Waals surface area contributed by atoms with Crippen LogP contribution in [0.15, 0.2) is 21.3 Å². The van der Waals surface area contributed by atoms with Crippen LogP contribution in [-0.2, 0) is 6.42 Å². The molecule has 1 aromatic heterocycles. The van der Waals surface area contributed by atoms with Crippen molar-refractivity contribution in [2.45, 2.75) is 25.1 Å². The maximum atomic E-state index is 11.4. The summed E-state index contributed by atoms with van der Waals surface area (Å²) < 4.78 is 5.20. The van der Waals surface area contributed by atoms with Crippen LogP contribution < -0.4 is 5.63 Å². The number of phenols is 1. The van der Waals surface area contributed by atoms with Gasteiger partial charge >= 0.3 is 5.63 Å². The molecule has 1 aromatic carbocycles. The van der Waals surface area contributed by atoms with Crippen molar-refractivity contribution in [3.05, 3.63) is 39.2 Å². The fourth-order valence-electron chi connectivity index (χ4n) is 2.12. The third kappa shape index (κ3) is 2.87. The molecule has 1 N–H and O–H groups in total. The van der Waals surface area contributed by atoms with Crippen molar-refractivity contribution in [3.63, 3.8) is 0 Å². The standard InChI is InChI=1S/C14H14Br2O3/c1-7-3-12(17)19-14-8(2)13(18)9(5-11(7)14)4-10(16)6-15/h3,5,10,18H,4,6H2,1-2H3/t10-/m0/s1. The quantitative estimate of drug-likeness (QED) is 0.641. The Kier molecular flexibility index (Phi) is 4.36. The van der Waals surface area contributed by atoms with Crippen LogP contribution in [0.3, 0.4) is 0 Å². The van der Waals surface area contributed by atoms with Crippen molar-refractivity contribution in [1.29, 1.82) is 0 Å². The van der Waals surface area contributed by atoms with E-state index in [4.69, 9.17) is 4.42 Å². The van der Waals surface area contributed by atoms with E-state index in [1.165, 1.54) is 6.07 Å². The Hall–Kier alpha value is -0.810. The van der Waals surface area contributed by atoms with Crippen molar-refractivity contribution >= 4 is 42.8 Å². The summed E-state index contributed by atoms with van der Waals surface area (Å²) in [5, 5.41) is 11.9. The Bertz CT molecular complexity index is 676. The topological polar surface area (TPSA) is 50.4 Å². The predicted octanol–water partition coefficient (Wildman–Crippen LogP) is 3.82. The predicted molar refractivity (Wildman–Crippen MR) is 83.8 cm³/mol. The number of hydrogen-bond donors (Lipinski definition) is 1. The fourth-order valence-corrected chi connectivity index (χ4v) is 2.69. The number of fused-ring (bicyclic) bond motifs is 1. The van der Waals surface area contributed by atoms with Gasteiger partial charge in [-0.3, -0.25) is 0 Å². The number of phenolic OH excluding ortho intramolecular Hbond substituents is 1. The lowest BCUT2D eigenvalue weighted by Gasteiger charge is -2.13. The molecule has 2 aromatic rings. The molecular weight excluding hydrogens is 376 g/mol. The molecule has 0 saturated carbocycles. The molecule has 0 aliphatic rings. The third-order valence-electron chi connectivity index (χ3n) is 3.13. The van der Waals surface area contributed by atoms with E-state index in [0.717, 1.165) is 21.8 Å². The molecule has 0 amide bonds. The van der Waals surface area contributed by atoms with Gasteiger partial charge in [0.25, 0.3) is 0 Å². The van der Waals surface area contributed by atoms with E-state index < -0.39 is 0 Å². The van der Waals surface area contributed by atoms with E-state index in [-0.39, 0.29) is 16.2 Å². The molecule has 1 heterocycles. The average molecular weight is 390 g/mol. The minimum absolute atomic E-state index is 0.201. The van der Waals surface area contributed by atoms with Crippen LogP contribution in [0.25, 0.3) is 11.0 Å². The van der Waals surface area contributed by atoms with Crippen LogP contribution in [0.5, 0.6) is 5.75 Å². The number of rotatable bonds is 3. The van der Waals surface area contributed by atoms with Gasteiger partial charge in [-0.15, -0.1) is 0 Å². The lowest BCUT2D eigenvalue weighted by molar-refractivity contribution is 0.461. The Morgan fingerprint density at radius 1 is 1.37 bits per heavy atom. The van der Waals surface area contributed by atoms with Gasteiger partial charge in [-0.25, -0.2) is 4.79 Å². The number of aromatic hydroxyl groups is 1. The van der Waals surface area contributed by atoms with E-state index in [1.54, 1.807) is 6.92 Å². The molecule has 0 fully saturated rings. The van der Waals surface area contributed by atoms with Crippen molar-refractivity contribution in [3.8, 4) is 5.75 Å². The Balaban J connectivity index is 2.69. The molecule has 0 spiro atoms. The normalized spacial score (nSPS) is 12.8. The average Bonchev–Trinajstić information content (AvgIpc) is 2.36. The van der Waals surface area contributed by atoms with Gasteiger partial charge in [0.05, 0.1) is 0 Å². The molecule has 2 rings (SSSR count). The van der Waals surface area contributed by atoms with Crippen LogP contribution in [0.1, 0.15) is 16.7 Å². The minimum Gasteiger partial charge on any atom is -0.507 e. The van der Waals surface area contributed by atoms with Crippen LogP contribution >= 0.6 is 31.9 Å². The van der Waals surface area contributed by atoms with Gasteiger partial charge in [0.15, 0.2) is 0 Å². The molecule has 1 atom stereocenters. The lowest BCUT2D eigenvalue weighted by Crippen LogP contribution is -2.06. The second-order valence-electron chi connectivity index (χ2n) is 4.59. The van der Waals surface area contributed by atoms with E-state index >= 15 is 0 Å². The zero-order valence-electron chi connectivity index (χ0n) is 10.7. The molecule has 3 nitrogen and oxygen atoms in total. The number of halogens is 2. The van der Waals surface area contributed by atoms with Crippen LogP contribution in [0.4, 0.5) is 0 Å². The Labute approximate surface area is 127 Å². The number of benzene rings is 1. The largest absolute Gasteiger partial charge is 0.507 e. The van der Waals surface area contributed by atoms with E-state index in [9.17, 15) is 9.90 Å². The molecule has 0 bridgehead atoms. The monoisotopic (exact) mass is 388 g/mol. The maximum Gasteiger partial charge on any atom is 0.336 e. The number of alkyl halides is 2. The Morgan fingerprint density at radius 3 is 2.68 bits per heavy atom. The van der Waals surface area contributed by atoms with Crippen LogP contribution in [-0.4, -0.2) is 15.3 Å². The van der Waals surface area contributed by atoms with Crippen molar-refractivity contribution in [2.75, 3.05) is 5.33 Å². The van der Waals surface area contributed by atoms with Crippen molar-refractivity contribution in [2.24, 2.45) is 0 Å². The zero-order valence-corrected chi connectivity index (χ0v) is 13.8. The molecule has 0 saturated heterocycles. The summed E-state index contributed by atoms with van der Waals surface area (Å²) in [6, 6.07) is 3.37. The van der Waals surface area contributed by atoms with E-state index in [0.29, 0.717) is 17.6 Å². The first kappa shape index (κ1) is 14.6. The van der Waals surface area contributed by atoms with Crippen LogP contribution in [0, 0.1) is 13.8 Å². The summed E-state index contributed by atoms with van der Waals surface area (Å²) in [6.45, 7) is 3.64. The highest BCUT2D eigenvalue weighted by Crippen LogP contribution is 2.33. The van der Waals surface area contributed by atoms with Crippen LogP contribution in [0.2, 0.25) is 0 Å². The molecule has 0 unspecified atom stereocenters. The van der Waals surface area contributed by atoms with Gasteiger partial charge < -0.3 is 9.52 Å². The zero-order chi connectivity index (χ0) is 14.2. The van der Waals surface area contributed by atoms with Gasteiger partial charge in [-0.1, -0.05) is 31.9 Å². The highest BCUT2D eigenvalue weighted by molar-refractivity contribution is 9.12. The first-order valence-corrected chi connectivity index (χ1v) is 7.93. The highest BCUT2D eigenvalue weighted by Gasteiger charge is 2.15. The fraction of sp³-hybridized carbons (Fsp3) is 0.357. The Morgan fingerprint density at radius 2 is 2.05 bits per heavy atom. The molecule has 0 aliphatic heterocycles. The van der Waals surface area contributed by atoms with E-state index in [2.05, 4.69) is 31.9 Å². The van der Waals surface area contributed by atoms with Crippen molar-refractivity contribution in [1.82, 2.24) is 0 Å². The number of aryl methyl sites for hydroxylation is 2. The first-order valence-electron chi connectivity index (χ1n) is 5.90. The summed E-state index contributed by atoms with van der Waals surface area (Å²) in [6.07, 6.45) is 0.701. The maximum absolute atomic E-state index is 11.4. The molecule has 5 heteroatoms. The second kappa shape index (κ2) is 5.67. The van der Waals surface area contributed by atoms with Gasteiger partial charge in [-0.2, -0.15) is 0 Å². The van der Waals surface area contributed by atoms with E-state index in [1.807, 2.05) is 13.0 Å². The minimum atomic E-state index is -0.390. The molecule has 102 valence electrons. The summed E-state index contributed by atoms with van der Waals surface area (Å²) in [5.41, 5.74) is 2.40. The third-order valence-corrected chi connectivity index (χ3v) is 5.43. The van der Waals surface area contributed by atoms with Gasteiger partial charge in [0.2, 0.25) is 0 Å². The first-order chi connectivity index (χ1) is 8.93. The summed E-state index contributed by atoms with van der Waals surface area (Å²) >= 11 is 6.94. The number of hydrogen-bond acceptors (Lipinski definition) is 3. The second-order valence-corrected chi connectivity index (χ2v) is 6.53. The summed E-state index contributed by atoms with van der Waals surface area (Å²) in [4.78, 5) is 11.7. The van der Waals surface area contributed by atoms with Gasteiger partial charge in [0.1, 0.15) is 11.3 Å². The van der Waals surface area contributed by atoms with Gasteiger partial charge in [0, 0.05) is 27.2 Å². The highest BCUT2D eigenvalue weighted by atomic mass is 79.9. The van der Waals surface area contributed by atoms with Crippen molar-refractivity contribution < 1.29 is 9.52 Å². The lowest BCUT2D eigenvalue weighted by atomic mass is 10.00. The summed E-state index contributed by atoms with van der Waals surface area (Å²) in [7, 11) is 0. The smallest absolute Gasteiger partial charge is 0.336 e. The van der Waals surface area contributed by atoms with Gasteiger partial charge in [-0.05, 0) is 37.5 Å². The molecule has 0 radical (unpaired) electrons.